The van der Waals surface area contributed by atoms with E-state index in [2.05, 4.69) is 19.9 Å². The molecular formula is C20H18N4O3. The van der Waals surface area contributed by atoms with E-state index in [1.165, 1.54) is 0 Å². The molecule has 0 aliphatic carbocycles. The van der Waals surface area contributed by atoms with Gasteiger partial charge in [-0.3, -0.25) is 4.79 Å². The highest BCUT2D eigenvalue weighted by atomic mass is 16.5. The Bertz CT molecular complexity index is 1210. The second-order valence-electron chi connectivity index (χ2n) is 6.61. The molecule has 136 valence electrons. The number of nitrogens with one attached hydrogen (secondary N) is 2. The molecule has 0 amide bonds. The number of rotatable bonds is 2. The highest BCUT2D eigenvalue weighted by molar-refractivity contribution is 5.92. The summed E-state index contributed by atoms with van der Waals surface area (Å²) in [6.07, 6.45) is 0. The summed E-state index contributed by atoms with van der Waals surface area (Å²) in [5, 5.41) is 11.3. The van der Waals surface area contributed by atoms with Gasteiger partial charge in [0, 0.05) is 24.2 Å². The summed E-state index contributed by atoms with van der Waals surface area (Å²) in [4.78, 5) is 25.3. The molecule has 27 heavy (non-hydrogen) atoms. The fourth-order valence-corrected chi connectivity index (χ4v) is 3.58. The van der Waals surface area contributed by atoms with Gasteiger partial charge in [0.25, 0.3) is 5.56 Å². The van der Waals surface area contributed by atoms with E-state index >= 15 is 0 Å². The number of pyridine rings is 1. The van der Waals surface area contributed by atoms with Crippen molar-refractivity contribution in [2.75, 3.05) is 31.2 Å². The molecular weight excluding hydrogens is 344 g/mol. The molecule has 7 nitrogen and oxygen atoms in total. The Labute approximate surface area is 154 Å². The summed E-state index contributed by atoms with van der Waals surface area (Å²) < 4.78 is 5.40. The molecule has 7 heteroatoms. The Kier molecular flexibility index (Phi) is 3.61. The lowest BCUT2D eigenvalue weighted by Crippen LogP contribution is -2.36. The molecule has 1 aliphatic heterocycles. The molecule has 2 aromatic heterocycles. The second-order valence-corrected chi connectivity index (χ2v) is 6.61. The number of aromatic amines is 2. The number of fused-ring (bicyclic) bond motifs is 2. The lowest BCUT2D eigenvalue weighted by molar-refractivity contribution is 0.122. The number of para-hydroxylation sites is 1. The first-order valence-electron chi connectivity index (χ1n) is 8.87. The van der Waals surface area contributed by atoms with Gasteiger partial charge in [0.15, 0.2) is 0 Å². The zero-order valence-electron chi connectivity index (χ0n) is 14.5. The van der Waals surface area contributed by atoms with Crippen LogP contribution in [-0.2, 0) is 4.74 Å². The first kappa shape index (κ1) is 15.9. The molecule has 3 N–H and O–H groups in total. The average molecular weight is 362 g/mol. The van der Waals surface area contributed by atoms with Crippen molar-refractivity contribution in [2.45, 2.75) is 0 Å². The van der Waals surface area contributed by atoms with Crippen molar-refractivity contribution in [1.82, 2.24) is 15.0 Å². The number of hydrogen-bond acceptors (Lipinski definition) is 5. The van der Waals surface area contributed by atoms with Crippen LogP contribution in [0.25, 0.3) is 33.3 Å². The van der Waals surface area contributed by atoms with E-state index in [9.17, 15) is 9.90 Å². The molecule has 1 aliphatic rings. The molecule has 0 spiro atoms. The molecule has 0 bridgehead atoms. The van der Waals surface area contributed by atoms with E-state index in [1.54, 1.807) is 12.1 Å². The molecule has 0 radical (unpaired) electrons. The van der Waals surface area contributed by atoms with E-state index in [0.717, 1.165) is 29.8 Å². The van der Waals surface area contributed by atoms with Crippen molar-refractivity contribution < 1.29 is 9.84 Å². The minimum absolute atomic E-state index is 0.0678. The summed E-state index contributed by atoms with van der Waals surface area (Å²) in [7, 11) is 0. The van der Waals surface area contributed by atoms with Crippen LogP contribution >= 0.6 is 0 Å². The largest absolute Gasteiger partial charge is 0.506 e. The molecule has 3 heterocycles. The minimum Gasteiger partial charge on any atom is -0.506 e. The monoisotopic (exact) mass is 362 g/mol. The molecule has 1 saturated heterocycles. The third-order valence-corrected chi connectivity index (χ3v) is 4.97. The minimum atomic E-state index is -0.376. The second kappa shape index (κ2) is 6.14. The number of morpholine rings is 1. The van der Waals surface area contributed by atoms with Crippen molar-refractivity contribution in [1.29, 1.82) is 0 Å². The van der Waals surface area contributed by atoms with Crippen LogP contribution in [0.5, 0.6) is 5.75 Å². The highest BCUT2D eigenvalue weighted by Gasteiger charge is 2.18. The maximum atomic E-state index is 12.5. The Morgan fingerprint density at radius 2 is 1.85 bits per heavy atom. The van der Waals surface area contributed by atoms with Crippen LogP contribution in [0.2, 0.25) is 0 Å². The first-order chi connectivity index (χ1) is 13.2. The summed E-state index contributed by atoms with van der Waals surface area (Å²) in [5.41, 5.74) is 3.00. The van der Waals surface area contributed by atoms with Crippen LogP contribution in [0.4, 0.5) is 5.69 Å². The summed E-state index contributed by atoms with van der Waals surface area (Å²) in [6, 6.07) is 13.1. The van der Waals surface area contributed by atoms with Crippen LogP contribution in [0.1, 0.15) is 0 Å². The van der Waals surface area contributed by atoms with Crippen molar-refractivity contribution in [3.63, 3.8) is 0 Å². The molecule has 1 fully saturated rings. The van der Waals surface area contributed by atoms with Gasteiger partial charge in [-0.1, -0.05) is 12.1 Å². The van der Waals surface area contributed by atoms with Crippen molar-refractivity contribution in [2.24, 2.45) is 0 Å². The normalized spacial score (nSPS) is 14.9. The van der Waals surface area contributed by atoms with Gasteiger partial charge in [-0.25, -0.2) is 4.98 Å². The number of nitrogens with zero attached hydrogens (tertiary/aromatic N) is 2. The predicted octanol–water partition coefficient (Wildman–Crippen LogP) is 2.61. The maximum absolute atomic E-state index is 12.5. The smallest absolute Gasteiger partial charge is 0.263 e. The summed E-state index contributed by atoms with van der Waals surface area (Å²) >= 11 is 0. The van der Waals surface area contributed by atoms with E-state index < -0.39 is 0 Å². The number of imidazole rings is 1. The van der Waals surface area contributed by atoms with Gasteiger partial charge in [-0.05, 0) is 30.3 Å². The molecule has 2 aromatic carbocycles. The van der Waals surface area contributed by atoms with Gasteiger partial charge < -0.3 is 24.7 Å². The fraction of sp³-hybridized carbons (Fsp3) is 0.200. The zero-order valence-corrected chi connectivity index (χ0v) is 14.5. The summed E-state index contributed by atoms with van der Waals surface area (Å²) in [6.45, 7) is 3.11. The van der Waals surface area contributed by atoms with Gasteiger partial charge in [0.2, 0.25) is 0 Å². The molecule has 0 unspecified atom stereocenters. The van der Waals surface area contributed by atoms with Crippen LogP contribution in [0, 0.1) is 0 Å². The number of ether oxygens (including phenoxy) is 1. The van der Waals surface area contributed by atoms with E-state index in [0.29, 0.717) is 29.9 Å². The molecule has 0 saturated carbocycles. The van der Waals surface area contributed by atoms with E-state index in [4.69, 9.17) is 4.74 Å². The van der Waals surface area contributed by atoms with Gasteiger partial charge in [0.05, 0.1) is 29.8 Å². The van der Waals surface area contributed by atoms with Crippen molar-refractivity contribution in [3.8, 4) is 17.1 Å². The Hall–Kier alpha value is -3.32. The topological polar surface area (TPSA) is 94.2 Å². The third-order valence-electron chi connectivity index (χ3n) is 4.97. The van der Waals surface area contributed by atoms with Crippen LogP contribution in [0.3, 0.4) is 0 Å². The van der Waals surface area contributed by atoms with Crippen LogP contribution < -0.4 is 10.5 Å². The average Bonchev–Trinajstić information content (AvgIpc) is 3.11. The Morgan fingerprint density at radius 3 is 2.70 bits per heavy atom. The predicted molar refractivity (Wildman–Crippen MR) is 104 cm³/mol. The number of benzene rings is 2. The number of aromatic hydroxyl groups is 1. The molecule has 5 rings (SSSR count). The number of hydrogen-bond donors (Lipinski definition) is 3. The van der Waals surface area contributed by atoms with Crippen LogP contribution in [-0.4, -0.2) is 46.4 Å². The van der Waals surface area contributed by atoms with Gasteiger partial charge in [-0.2, -0.15) is 0 Å². The van der Waals surface area contributed by atoms with Crippen molar-refractivity contribution >= 4 is 27.6 Å². The maximum Gasteiger partial charge on any atom is 0.263 e. The van der Waals surface area contributed by atoms with Crippen LogP contribution in [0.15, 0.2) is 47.3 Å². The number of aromatic nitrogens is 3. The van der Waals surface area contributed by atoms with Gasteiger partial charge in [-0.15, -0.1) is 0 Å². The quantitative estimate of drug-likeness (QED) is 0.510. The first-order valence-corrected chi connectivity index (χ1v) is 8.87. The molecule has 4 aromatic rings. The van der Waals surface area contributed by atoms with E-state index in [-0.39, 0.29) is 16.9 Å². The highest BCUT2D eigenvalue weighted by Crippen LogP contribution is 2.32. The SMILES string of the molecule is O=c1[nH]c2ccccc2c(O)c1-c1nc2cc(N3CCOCC3)ccc2[nH]1. The zero-order chi connectivity index (χ0) is 18.4. The van der Waals surface area contributed by atoms with Gasteiger partial charge in [0.1, 0.15) is 17.1 Å². The third kappa shape index (κ3) is 2.63. The molecule has 0 atom stereocenters. The standard InChI is InChI=1S/C20H18N4O3/c25-18-13-3-1-2-4-14(13)23-20(26)17(18)19-21-15-6-5-12(11-16(15)22-19)24-7-9-27-10-8-24/h1-6,11H,7-10H2,(H,21,22)(H2,23,25,26). The lowest BCUT2D eigenvalue weighted by Gasteiger charge is -2.28. The summed E-state index contributed by atoms with van der Waals surface area (Å²) in [5.74, 6) is 0.287. The fourth-order valence-electron chi connectivity index (χ4n) is 3.58. The number of H-pyrrole nitrogens is 2. The lowest BCUT2D eigenvalue weighted by atomic mass is 10.1. The van der Waals surface area contributed by atoms with E-state index in [1.807, 2.05) is 30.3 Å². The number of anilines is 1. The Balaban J connectivity index is 1.63. The Morgan fingerprint density at radius 1 is 1.04 bits per heavy atom. The van der Waals surface area contributed by atoms with Crippen molar-refractivity contribution in [3.05, 3.63) is 52.8 Å². The van der Waals surface area contributed by atoms with Gasteiger partial charge >= 0.3 is 0 Å².